The van der Waals surface area contributed by atoms with E-state index in [-0.39, 0.29) is 35.3 Å². The van der Waals surface area contributed by atoms with Gasteiger partial charge in [0, 0.05) is 54.0 Å². The van der Waals surface area contributed by atoms with Gasteiger partial charge in [0.05, 0.1) is 16.4 Å². The second-order valence-electron chi connectivity index (χ2n) is 11.5. The molecule has 0 saturated carbocycles. The summed E-state index contributed by atoms with van der Waals surface area (Å²) >= 11 is 6.42. The summed E-state index contributed by atoms with van der Waals surface area (Å²) in [5.74, 6) is -0.328. The van der Waals surface area contributed by atoms with Crippen LogP contribution >= 0.6 is 11.6 Å². The van der Waals surface area contributed by atoms with Crippen LogP contribution in [0.3, 0.4) is 0 Å². The molecule has 1 aliphatic heterocycles. The Kier molecular flexibility index (Phi) is 11.1. The minimum atomic E-state index is -4.75. The molecule has 0 radical (unpaired) electrons. The van der Waals surface area contributed by atoms with E-state index in [1.165, 1.54) is 11.0 Å². The van der Waals surface area contributed by atoms with Crippen molar-refractivity contribution in [1.82, 2.24) is 15.1 Å². The number of carbonyl (C=O) groups is 2. The summed E-state index contributed by atoms with van der Waals surface area (Å²) in [6.45, 7) is 9.74. The predicted octanol–water partition coefficient (Wildman–Crippen LogP) is 6.56. The highest BCUT2D eigenvalue weighted by Gasteiger charge is 2.37. The van der Waals surface area contributed by atoms with Crippen molar-refractivity contribution in [3.05, 3.63) is 63.2 Å². The number of ether oxygens (including phenoxy) is 1. The molecule has 1 heterocycles. The molecule has 1 unspecified atom stereocenters. The number of carbonyl (C=O) groups excluding carboxylic acids is 2. The van der Waals surface area contributed by atoms with E-state index in [0.29, 0.717) is 42.1 Å². The quantitative estimate of drug-likeness (QED) is 0.358. The van der Waals surface area contributed by atoms with Crippen molar-refractivity contribution < 1.29 is 31.7 Å². The van der Waals surface area contributed by atoms with Crippen LogP contribution in [0, 0.1) is 6.92 Å². The molecule has 3 rings (SSSR count). The van der Waals surface area contributed by atoms with E-state index in [1.54, 1.807) is 46.9 Å². The first-order valence-corrected chi connectivity index (χ1v) is 15.5. The summed E-state index contributed by atoms with van der Waals surface area (Å²) in [4.78, 5) is 29.4. The SMILES string of the molecule is CCS(=O)c1ccc(C)cc1CNC(=O)c1cc(Cl)c(CN2CCC[C@H](N(C)C(=O)OC(C)(C)C)C2)c(C(F)(F)F)c1. The van der Waals surface area contributed by atoms with E-state index >= 15 is 0 Å². The first-order chi connectivity index (χ1) is 19.5. The second kappa shape index (κ2) is 13.8. The van der Waals surface area contributed by atoms with Crippen LogP contribution in [0.1, 0.15) is 73.1 Å². The predicted molar refractivity (Wildman–Crippen MR) is 158 cm³/mol. The van der Waals surface area contributed by atoms with Gasteiger partial charge < -0.3 is 15.0 Å². The lowest BCUT2D eigenvalue weighted by Gasteiger charge is -2.38. The monoisotopic (exact) mass is 629 g/mol. The molecule has 7 nitrogen and oxygen atoms in total. The number of hydrogen-bond acceptors (Lipinski definition) is 5. The lowest BCUT2D eigenvalue weighted by molar-refractivity contribution is -0.138. The third kappa shape index (κ3) is 8.94. The Bertz CT molecular complexity index is 1330. The maximum absolute atomic E-state index is 14.3. The van der Waals surface area contributed by atoms with Crippen LogP contribution in [-0.2, 0) is 34.8 Å². The molecule has 232 valence electrons. The van der Waals surface area contributed by atoms with Gasteiger partial charge in [-0.3, -0.25) is 13.9 Å². The number of piperidine rings is 1. The van der Waals surface area contributed by atoms with Crippen molar-refractivity contribution in [2.75, 3.05) is 25.9 Å². The van der Waals surface area contributed by atoms with Crippen LogP contribution in [-0.4, -0.2) is 63.5 Å². The Morgan fingerprint density at radius 2 is 1.88 bits per heavy atom. The molecule has 42 heavy (non-hydrogen) atoms. The number of aryl methyl sites for hydroxylation is 1. The molecule has 2 atom stereocenters. The number of amides is 2. The van der Waals surface area contributed by atoms with E-state index in [0.717, 1.165) is 11.6 Å². The molecule has 2 aromatic carbocycles. The van der Waals surface area contributed by atoms with Crippen LogP contribution in [0.25, 0.3) is 0 Å². The topological polar surface area (TPSA) is 79.0 Å². The lowest BCUT2D eigenvalue weighted by Crippen LogP contribution is -2.49. The van der Waals surface area contributed by atoms with Gasteiger partial charge >= 0.3 is 12.3 Å². The van der Waals surface area contributed by atoms with Gasteiger partial charge in [0.15, 0.2) is 0 Å². The number of rotatable bonds is 8. The minimum absolute atomic E-state index is 0.00262. The summed E-state index contributed by atoms with van der Waals surface area (Å²) in [5.41, 5.74) is -0.451. The molecular formula is C30H39ClF3N3O4S. The van der Waals surface area contributed by atoms with Gasteiger partial charge in [0.2, 0.25) is 0 Å². The Labute approximate surface area is 253 Å². The van der Waals surface area contributed by atoms with Crippen molar-refractivity contribution in [3.8, 4) is 0 Å². The van der Waals surface area contributed by atoms with Crippen LogP contribution < -0.4 is 5.32 Å². The number of likely N-dealkylation sites (tertiary alicyclic amines) is 1. The van der Waals surface area contributed by atoms with Crippen LogP contribution in [0.15, 0.2) is 35.2 Å². The van der Waals surface area contributed by atoms with Crippen molar-refractivity contribution in [1.29, 1.82) is 0 Å². The highest BCUT2D eigenvalue weighted by Crippen LogP contribution is 2.37. The van der Waals surface area contributed by atoms with E-state index in [2.05, 4.69) is 5.32 Å². The zero-order valence-corrected chi connectivity index (χ0v) is 26.4. The molecule has 12 heteroatoms. The number of likely N-dealkylation sites (N-methyl/N-ethyl adjacent to an activating group) is 1. The maximum atomic E-state index is 14.3. The smallest absolute Gasteiger partial charge is 0.416 e. The number of hydrogen-bond donors (Lipinski definition) is 1. The normalized spacial score (nSPS) is 17.0. The van der Waals surface area contributed by atoms with E-state index in [1.807, 2.05) is 17.9 Å². The summed E-state index contributed by atoms with van der Waals surface area (Å²) < 4.78 is 60.7. The molecule has 0 aromatic heterocycles. The summed E-state index contributed by atoms with van der Waals surface area (Å²) in [6, 6.07) is 7.19. The molecule has 1 fully saturated rings. The van der Waals surface area contributed by atoms with Crippen molar-refractivity contribution in [2.24, 2.45) is 0 Å². The molecule has 1 N–H and O–H groups in total. The van der Waals surface area contributed by atoms with Gasteiger partial charge in [0.1, 0.15) is 5.60 Å². The first-order valence-electron chi connectivity index (χ1n) is 13.8. The molecular weight excluding hydrogens is 591 g/mol. The summed E-state index contributed by atoms with van der Waals surface area (Å²) in [5, 5.41) is 2.49. The minimum Gasteiger partial charge on any atom is -0.444 e. The highest BCUT2D eigenvalue weighted by molar-refractivity contribution is 7.85. The fraction of sp³-hybridized carbons (Fsp3) is 0.533. The lowest BCUT2D eigenvalue weighted by atomic mass is 9.99. The zero-order chi connectivity index (χ0) is 31.4. The van der Waals surface area contributed by atoms with Crippen molar-refractivity contribution in [3.63, 3.8) is 0 Å². The van der Waals surface area contributed by atoms with Gasteiger partial charge in [0.25, 0.3) is 5.91 Å². The Hall–Kier alpha value is -2.63. The number of nitrogens with zero attached hydrogens (tertiary/aromatic N) is 2. The zero-order valence-electron chi connectivity index (χ0n) is 24.9. The van der Waals surface area contributed by atoms with E-state index in [9.17, 15) is 27.0 Å². The summed E-state index contributed by atoms with van der Waals surface area (Å²) in [6.07, 6.45) is -3.86. The largest absolute Gasteiger partial charge is 0.444 e. The Balaban J connectivity index is 1.80. The van der Waals surface area contributed by atoms with Crippen LogP contribution in [0.4, 0.5) is 18.0 Å². The number of nitrogens with one attached hydrogen (secondary N) is 1. The van der Waals surface area contributed by atoms with Crippen molar-refractivity contribution >= 4 is 34.4 Å². The Morgan fingerprint density at radius 1 is 1.19 bits per heavy atom. The van der Waals surface area contributed by atoms with Gasteiger partial charge in [-0.15, -0.1) is 0 Å². The fourth-order valence-electron chi connectivity index (χ4n) is 4.88. The van der Waals surface area contributed by atoms with Gasteiger partial charge in [-0.25, -0.2) is 4.79 Å². The van der Waals surface area contributed by atoms with Crippen LogP contribution in [0.5, 0.6) is 0 Å². The second-order valence-corrected chi connectivity index (χ2v) is 13.6. The Morgan fingerprint density at radius 3 is 2.50 bits per heavy atom. The molecule has 0 aliphatic carbocycles. The van der Waals surface area contributed by atoms with Crippen molar-refractivity contribution in [2.45, 2.75) is 83.3 Å². The first kappa shape index (κ1) is 33.9. The van der Waals surface area contributed by atoms with Gasteiger partial charge in [-0.1, -0.05) is 36.2 Å². The molecule has 1 aliphatic rings. The third-order valence-corrected chi connectivity index (χ3v) is 8.77. The maximum Gasteiger partial charge on any atom is 0.416 e. The molecule has 2 amide bonds. The van der Waals surface area contributed by atoms with Gasteiger partial charge in [-0.2, -0.15) is 13.2 Å². The highest BCUT2D eigenvalue weighted by atomic mass is 35.5. The number of halogens is 4. The third-order valence-electron chi connectivity index (χ3n) is 7.02. The molecule has 1 saturated heterocycles. The van der Waals surface area contributed by atoms with Crippen LogP contribution in [0.2, 0.25) is 5.02 Å². The molecule has 0 bridgehead atoms. The van der Waals surface area contributed by atoms with E-state index in [4.69, 9.17) is 16.3 Å². The van der Waals surface area contributed by atoms with Gasteiger partial charge in [-0.05, 0) is 76.4 Å². The molecule has 2 aromatic rings. The molecule has 0 spiro atoms. The standard InChI is InChI=1S/C30H39ClF3N3O4S/c1-7-42(40)26-11-10-19(2)13-21(26)16-35-27(38)20-14-24(30(32,33)34)23(25(31)15-20)18-37-12-8-9-22(17-37)36(6)28(39)41-29(3,4)5/h10-11,13-15,22H,7-9,12,16-18H2,1-6H3,(H,35,38)/t22-,42?/m0/s1. The van der Waals surface area contributed by atoms with E-state index < -0.39 is 40.1 Å². The summed E-state index contributed by atoms with van der Waals surface area (Å²) in [7, 11) is 0.365. The average molecular weight is 630 g/mol. The number of benzene rings is 2. The number of alkyl halides is 3. The fourth-order valence-corrected chi connectivity index (χ4v) is 6.11. The average Bonchev–Trinajstić information content (AvgIpc) is 2.90.